The van der Waals surface area contributed by atoms with Gasteiger partial charge in [0.25, 0.3) is 0 Å². The summed E-state index contributed by atoms with van der Waals surface area (Å²) in [5, 5.41) is 4.43. The maximum absolute atomic E-state index is 12.5. The largest absolute Gasteiger partial charge is 0.350 e. The van der Waals surface area contributed by atoms with Crippen LogP contribution in [-0.4, -0.2) is 45.9 Å². The summed E-state index contributed by atoms with van der Waals surface area (Å²) in [5.74, 6) is 0.976. The van der Waals surface area contributed by atoms with Gasteiger partial charge in [0.2, 0.25) is 10.0 Å². The first-order valence-electron chi connectivity index (χ1n) is 8.63. The van der Waals surface area contributed by atoms with E-state index in [1.165, 1.54) is 4.68 Å². The normalized spacial score (nSPS) is 17.0. The summed E-state index contributed by atoms with van der Waals surface area (Å²) in [7, 11) is -1.52. The molecule has 0 spiro atoms. The van der Waals surface area contributed by atoms with Crippen molar-refractivity contribution in [1.82, 2.24) is 18.7 Å². The van der Waals surface area contributed by atoms with Gasteiger partial charge in [-0.05, 0) is 31.4 Å². The molecule has 1 aliphatic heterocycles. The first kappa shape index (κ1) is 17.9. The van der Waals surface area contributed by atoms with Crippen LogP contribution >= 0.6 is 0 Å². The van der Waals surface area contributed by atoms with Crippen molar-refractivity contribution in [3.8, 4) is 5.69 Å². The van der Waals surface area contributed by atoms with E-state index in [4.69, 9.17) is 0 Å². The van der Waals surface area contributed by atoms with E-state index < -0.39 is 10.0 Å². The number of hydrogen-bond donors (Lipinski definition) is 0. The van der Waals surface area contributed by atoms with E-state index in [2.05, 4.69) is 5.10 Å². The van der Waals surface area contributed by atoms with Crippen LogP contribution in [0, 0.1) is 0 Å². The van der Waals surface area contributed by atoms with Crippen molar-refractivity contribution in [3.63, 3.8) is 0 Å². The Bertz CT molecular complexity index is 878. The van der Waals surface area contributed by atoms with Crippen LogP contribution in [-0.2, 0) is 17.1 Å². The molecule has 2 heterocycles. The lowest BCUT2D eigenvalue weighted by Crippen LogP contribution is -2.39. The van der Waals surface area contributed by atoms with Gasteiger partial charge >= 0.3 is 5.69 Å². The van der Waals surface area contributed by atoms with Gasteiger partial charge in [-0.25, -0.2) is 26.8 Å². The molecule has 0 aliphatic carbocycles. The molecule has 1 fully saturated rings. The number of aryl methyl sites for hydroxylation is 1. The van der Waals surface area contributed by atoms with Crippen LogP contribution in [0.4, 0.5) is 0 Å². The Morgan fingerprint density at radius 1 is 1.16 bits per heavy atom. The number of para-hydroxylation sites is 1. The van der Waals surface area contributed by atoms with Gasteiger partial charge < -0.3 is 0 Å². The van der Waals surface area contributed by atoms with Gasteiger partial charge in [-0.1, -0.05) is 25.1 Å². The first-order valence-corrected chi connectivity index (χ1v) is 10.2. The SMILES string of the molecule is CCCS(=O)(=O)N1CCC(c2nn(C)c(=O)n2-c2ccccc2)CC1. The molecular formula is C17H24N4O3S. The van der Waals surface area contributed by atoms with Gasteiger partial charge in [-0.2, -0.15) is 5.10 Å². The lowest BCUT2D eigenvalue weighted by atomic mass is 9.97. The van der Waals surface area contributed by atoms with Gasteiger partial charge in [0, 0.05) is 26.1 Å². The molecule has 1 saturated heterocycles. The van der Waals surface area contributed by atoms with Crippen LogP contribution in [0.3, 0.4) is 0 Å². The highest BCUT2D eigenvalue weighted by molar-refractivity contribution is 7.89. The fourth-order valence-corrected chi connectivity index (χ4v) is 4.89. The summed E-state index contributed by atoms with van der Waals surface area (Å²) in [4.78, 5) is 12.5. The zero-order valence-electron chi connectivity index (χ0n) is 14.6. The second-order valence-corrected chi connectivity index (χ2v) is 8.51. The molecule has 7 nitrogen and oxygen atoms in total. The van der Waals surface area contributed by atoms with E-state index in [-0.39, 0.29) is 17.4 Å². The Labute approximate surface area is 147 Å². The zero-order chi connectivity index (χ0) is 18.0. The minimum atomic E-state index is -3.17. The predicted octanol–water partition coefficient (Wildman–Crippen LogP) is 1.49. The Balaban J connectivity index is 1.86. The second kappa shape index (κ2) is 7.13. The Morgan fingerprint density at radius 3 is 2.40 bits per heavy atom. The van der Waals surface area contributed by atoms with E-state index in [1.807, 2.05) is 37.3 Å². The van der Waals surface area contributed by atoms with Crippen molar-refractivity contribution in [2.24, 2.45) is 7.05 Å². The molecule has 0 saturated carbocycles. The topological polar surface area (TPSA) is 77.2 Å². The quantitative estimate of drug-likeness (QED) is 0.805. The van der Waals surface area contributed by atoms with Crippen LogP contribution < -0.4 is 5.69 Å². The molecule has 2 aromatic rings. The number of aromatic nitrogens is 3. The van der Waals surface area contributed by atoms with Crippen molar-refractivity contribution < 1.29 is 8.42 Å². The van der Waals surface area contributed by atoms with E-state index >= 15 is 0 Å². The van der Waals surface area contributed by atoms with E-state index in [9.17, 15) is 13.2 Å². The summed E-state index contributed by atoms with van der Waals surface area (Å²) >= 11 is 0. The highest BCUT2D eigenvalue weighted by Gasteiger charge is 2.31. The van der Waals surface area contributed by atoms with Gasteiger partial charge in [-0.3, -0.25) is 0 Å². The maximum Gasteiger partial charge on any atom is 0.350 e. The predicted molar refractivity (Wildman–Crippen MR) is 96.4 cm³/mol. The third-order valence-electron chi connectivity index (χ3n) is 4.64. The van der Waals surface area contributed by atoms with Crippen LogP contribution in [0.5, 0.6) is 0 Å². The van der Waals surface area contributed by atoms with Crippen LogP contribution in [0.25, 0.3) is 5.69 Å². The molecular weight excluding hydrogens is 340 g/mol. The number of hydrogen-bond acceptors (Lipinski definition) is 4. The molecule has 25 heavy (non-hydrogen) atoms. The van der Waals surface area contributed by atoms with Gasteiger partial charge in [0.15, 0.2) is 0 Å². The number of rotatable bonds is 5. The average Bonchev–Trinajstić information content (AvgIpc) is 2.91. The molecule has 0 amide bonds. The van der Waals surface area contributed by atoms with Gasteiger partial charge in [-0.15, -0.1) is 0 Å². The molecule has 3 rings (SSSR count). The van der Waals surface area contributed by atoms with Crippen molar-refractivity contribution in [2.75, 3.05) is 18.8 Å². The molecule has 1 aliphatic rings. The van der Waals surface area contributed by atoms with Crippen LogP contribution in [0.1, 0.15) is 37.9 Å². The van der Waals surface area contributed by atoms with Crippen LogP contribution in [0.15, 0.2) is 35.1 Å². The van der Waals surface area contributed by atoms with E-state index in [0.717, 1.165) is 5.69 Å². The van der Waals surface area contributed by atoms with Crippen LogP contribution in [0.2, 0.25) is 0 Å². The molecule has 1 aromatic heterocycles. The Hall–Kier alpha value is -1.93. The number of nitrogens with zero attached hydrogens (tertiary/aromatic N) is 4. The first-order chi connectivity index (χ1) is 11.9. The fraction of sp³-hybridized carbons (Fsp3) is 0.529. The Morgan fingerprint density at radius 2 is 1.80 bits per heavy atom. The molecule has 0 N–H and O–H groups in total. The molecule has 0 bridgehead atoms. The molecule has 0 unspecified atom stereocenters. The third kappa shape index (κ3) is 3.55. The summed E-state index contributed by atoms with van der Waals surface area (Å²) in [6.07, 6.45) is 1.97. The molecule has 136 valence electrons. The lowest BCUT2D eigenvalue weighted by Gasteiger charge is -2.30. The Kier molecular flexibility index (Phi) is 5.10. The van der Waals surface area contributed by atoms with Crippen molar-refractivity contribution in [3.05, 3.63) is 46.6 Å². The summed E-state index contributed by atoms with van der Waals surface area (Å²) in [6, 6.07) is 9.44. The highest BCUT2D eigenvalue weighted by atomic mass is 32.2. The average molecular weight is 364 g/mol. The monoisotopic (exact) mass is 364 g/mol. The third-order valence-corrected chi connectivity index (χ3v) is 6.71. The number of sulfonamides is 1. The standard InChI is InChI=1S/C17H24N4O3S/c1-3-13-25(23,24)20-11-9-14(10-12-20)16-18-19(2)17(22)21(16)15-7-5-4-6-8-15/h4-8,14H,3,9-13H2,1-2H3. The maximum atomic E-state index is 12.5. The van der Waals surface area contributed by atoms with Crippen molar-refractivity contribution in [1.29, 1.82) is 0 Å². The summed E-state index contributed by atoms with van der Waals surface area (Å²) < 4.78 is 29.0. The smallest absolute Gasteiger partial charge is 0.247 e. The van der Waals surface area contributed by atoms with Gasteiger partial charge in [0.05, 0.1) is 11.4 Å². The van der Waals surface area contributed by atoms with E-state index in [1.54, 1.807) is 15.9 Å². The lowest BCUT2D eigenvalue weighted by molar-refractivity contribution is 0.311. The summed E-state index contributed by atoms with van der Waals surface area (Å²) in [5.41, 5.74) is 0.610. The minimum Gasteiger partial charge on any atom is -0.247 e. The minimum absolute atomic E-state index is 0.0715. The molecule has 0 atom stereocenters. The summed E-state index contributed by atoms with van der Waals surface area (Å²) in [6.45, 7) is 2.83. The second-order valence-electron chi connectivity index (χ2n) is 6.42. The highest BCUT2D eigenvalue weighted by Crippen LogP contribution is 2.28. The van der Waals surface area contributed by atoms with E-state index in [0.29, 0.717) is 38.2 Å². The molecule has 0 radical (unpaired) electrons. The molecule has 1 aromatic carbocycles. The van der Waals surface area contributed by atoms with Gasteiger partial charge in [0.1, 0.15) is 5.82 Å². The van der Waals surface area contributed by atoms with Crippen molar-refractivity contribution in [2.45, 2.75) is 32.1 Å². The number of piperidine rings is 1. The van der Waals surface area contributed by atoms with Crippen molar-refractivity contribution >= 4 is 10.0 Å². The zero-order valence-corrected chi connectivity index (χ0v) is 15.4. The number of benzene rings is 1. The molecule has 8 heteroatoms. The fourth-order valence-electron chi connectivity index (χ4n) is 3.35.